The minimum Gasteiger partial charge on any atom is -0.452 e. The predicted molar refractivity (Wildman–Crippen MR) is 98.6 cm³/mol. The summed E-state index contributed by atoms with van der Waals surface area (Å²) in [5.74, 6) is -0.433. The number of ether oxygens (including phenoxy) is 1. The van der Waals surface area contributed by atoms with Crippen LogP contribution in [0.25, 0.3) is 0 Å². The quantitative estimate of drug-likeness (QED) is 0.354. The molecule has 0 aliphatic heterocycles. The molecule has 0 aromatic heterocycles. The summed E-state index contributed by atoms with van der Waals surface area (Å²) in [6.45, 7) is 4.05. The van der Waals surface area contributed by atoms with Gasteiger partial charge in [0.05, 0.1) is 5.92 Å². The van der Waals surface area contributed by atoms with Crippen LogP contribution in [0.2, 0.25) is 0 Å². The highest BCUT2D eigenvalue weighted by molar-refractivity contribution is 5.74. The zero-order valence-corrected chi connectivity index (χ0v) is 14.5. The van der Waals surface area contributed by atoms with E-state index in [1.54, 1.807) is 0 Å². The first-order valence-electron chi connectivity index (χ1n) is 8.69. The van der Waals surface area contributed by atoms with E-state index in [9.17, 15) is 4.79 Å². The largest absolute Gasteiger partial charge is 0.452 e. The Morgan fingerprint density at radius 2 is 1.54 bits per heavy atom. The van der Waals surface area contributed by atoms with Gasteiger partial charge in [-0.1, -0.05) is 92.6 Å². The summed E-state index contributed by atoms with van der Waals surface area (Å²) in [4.78, 5) is 12.5. The van der Waals surface area contributed by atoms with Crippen molar-refractivity contribution in [2.24, 2.45) is 5.92 Å². The first kappa shape index (κ1) is 18.0. The summed E-state index contributed by atoms with van der Waals surface area (Å²) in [5, 5.41) is 0. The van der Waals surface area contributed by atoms with Crippen LogP contribution < -0.4 is 0 Å². The molecule has 0 aliphatic carbocycles. The third-order valence-electron chi connectivity index (χ3n) is 3.96. The third-order valence-corrected chi connectivity index (χ3v) is 3.96. The highest BCUT2D eigenvalue weighted by Crippen LogP contribution is 2.27. The lowest BCUT2D eigenvalue weighted by molar-refractivity contribution is -0.150. The lowest BCUT2D eigenvalue weighted by atomic mass is 10.0. The van der Waals surface area contributed by atoms with E-state index in [0.29, 0.717) is 0 Å². The van der Waals surface area contributed by atoms with Gasteiger partial charge in [0.2, 0.25) is 0 Å². The Balaban J connectivity index is 2.11. The minimum atomic E-state index is -0.369. The van der Waals surface area contributed by atoms with Crippen molar-refractivity contribution in [2.75, 3.05) is 0 Å². The van der Waals surface area contributed by atoms with Crippen LogP contribution >= 0.6 is 0 Å². The maximum atomic E-state index is 12.5. The molecule has 1 unspecified atom stereocenters. The molecule has 0 bridgehead atoms. The number of benzene rings is 2. The van der Waals surface area contributed by atoms with Crippen molar-refractivity contribution in [2.45, 2.75) is 39.2 Å². The molecule has 0 aliphatic rings. The SMILES string of the molecule is CCCCC=CC(C)C(=O)OC(c1ccccc1)c1ccccc1. The average Bonchev–Trinajstić information content (AvgIpc) is 2.64. The summed E-state index contributed by atoms with van der Waals surface area (Å²) in [6, 6.07) is 19.8. The maximum Gasteiger partial charge on any atom is 0.313 e. The van der Waals surface area contributed by atoms with E-state index in [0.717, 1.165) is 30.4 Å². The van der Waals surface area contributed by atoms with E-state index in [-0.39, 0.29) is 18.0 Å². The van der Waals surface area contributed by atoms with Gasteiger partial charge in [-0.25, -0.2) is 0 Å². The van der Waals surface area contributed by atoms with E-state index in [2.05, 4.69) is 13.0 Å². The fourth-order valence-corrected chi connectivity index (χ4v) is 2.51. The summed E-state index contributed by atoms with van der Waals surface area (Å²) in [6.07, 6.45) is 6.98. The maximum absolute atomic E-state index is 12.5. The molecule has 24 heavy (non-hydrogen) atoms. The van der Waals surface area contributed by atoms with Crippen LogP contribution in [-0.4, -0.2) is 5.97 Å². The molecular formula is C22H26O2. The summed E-state index contributed by atoms with van der Waals surface area (Å²) < 4.78 is 5.85. The molecule has 0 radical (unpaired) electrons. The Morgan fingerprint density at radius 3 is 2.04 bits per heavy atom. The molecule has 0 amide bonds. The Kier molecular flexibility index (Phi) is 7.28. The average molecular weight is 322 g/mol. The van der Waals surface area contributed by atoms with Gasteiger partial charge in [0, 0.05) is 0 Å². The Labute approximate surface area is 145 Å². The molecule has 0 fully saturated rings. The van der Waals surface area contributed by atoms with E-state index >= 15 is 0 Å². The molecule has 1 atom stereocenters. The Morgan fingerprint density at radius 1 is 1.00 bits per heavy atom. The van der Waals surface area contributed by atoms with Crippen molar-refractivity contribution < 1.29 is 9.53 Å². The van der Waals surface area contributed by atoms with E-state index < -0.39 is 0 Å². The lowest BCUT2D eigenvalue weighted by Crippen LogP contribution is -2.17. The Bertz CT molecular complexity index is 592. The molecule has 2 aromatic rings. The third kappa shape index (κ3) is 5.38. The summed E-state index contributed by atoms with van der Waals surface area (Å²) >= 11 is 0. The van der Waals surface area contributed by atoms with Crippen molar-refractivity contribution in [1.29, 1.82) is 0 Å². The predicted octanol–water partition coefficient (Wildman–Crippen LogP) is 5.70. The smallest absolute Gasteiger partial charge is 0.313 e. The van der Waals surface area contributed by atoms with Gasteiger partial charge in [0.25, 0.3) is 0 Å². The molecule has 2 heteroatoms. The van der Waals surface area contributed by atoms with Crippen LogP contribution in [0.4, 0.5) is 0 Å². The van der Waals surface area contributed by atoms with Gasteiger partial charge in [-0.2, -0.15) is 0 Å². The number of esters is 1. The molecular weight excluding hydrogens is 296 g/mol. The zero-order chi connectivity index (χ0) is 17.2. The fraction of sp³-hybridized carbons (Fsp3) is 0.318. The standard InChI is InChI=1S/C22H26O2/c1-3-4-5-8-13-18(2)22(23)24-21(19-14-9-6-10-15-19)20-16-11-7-12-17-20/h6-18,21H,3-5H2,1-2H3. The van der Waals surface area contributed by atoms with Gasteiger partial charge < -0.3 is 4.74 Å². The van der Waals surface area contributed by atoms with Crippen LogP contribution in [0, 0.1) is 5.92 Å². The van der Waals surface area contributed by atoms with Gasteiger partial charge >= 0.3 is 5.97 Å². The van der Waals surface area contributed by atoms with Gasteiger partial charge in [-0.3, -0.25) is 4.79 Å². The first-order chi connectivity index (χ1) is 11.7. The number of unbranched alkanes of at least 4 members (excludes halogenated alkanes) is 2. The van der Waals surface area contributed by atoms with Crippen molar-refractivity contribution in [3.8, 4) is 0 Å². The zero-order valence-electron chi connectivity index (χ0n) is 14.5. The molecule has 126 valence electrons. The number of carbonyl (C=O) groups excluding carboxylic acids is 1. The van der Waals surface area contributed by atoms with Crippen LogP contribution in [-0.2, 0) is 9.53 Å². The van der Waals surface area contributed by atoms with Gasteiger partial charge in [0.1, 0.15) is 0 Å². The second-order valence-corrected chi connectivity index (χ2v) is 6.00. The monoisotopic (exact) mass is 322 g/mol. The second kappa shape index (κ2) is 9.71. The molecule has 2 rings (SSSR count). The number of carbonyl (C=O) groups is 1. The van der Waals surface area contributed by atoms with Crippen molar-refractivity contribution >= 4 is 5.97 Å². The molecule has 0 heterocycles. The summed E-state index contributed by atoms with van der Waals surface area (Å²) in [7, 11) is 0. The topological polar surface area (TPSA) is 26.3 Å². The second-order valence-electron chi connectivity index (χ2n) is 6.00. The van der Waals surface area contributed by atoms with Gasteiger partial charge in [-0.15, -0.1) is 0 Å². The molecule has 2 nitrogen and oxygen atoms in total. The molecule has 0 saturated carbocycles. The molecule has 0 saturated heterocycles. The van der Waals surface area contributed by atoms with Crippen molar-refractivity contribution in [3.63, 3.8) is 0 Å². The van der Waals surface area contributed by atoms with Gasteiger partial charge in [0.15, 0.2) is 6.10 Å². The Hall–Kier alpha value is -2.35. The molecule has 0 spiro atoms. The highest BCUT2D eigenvalue weighted by Gasteiger charge is 2.21. The van der Waals surface area contributed by atoms with Gasteiger partial charge in [-0.05, 0) is 24.5 Å². The molecule has 2 aromatic carbocycles. The highest BCUT2D eigenvalue weighted by atomic mass is 16.5. The minimum absolute atomic E-state index is 0.194. The number of hydrogen-bond donors (Lipinski definition) is 0. The van der Waals surface area contributed by atoms with Crippen molar-refractivity contribution in [1.82, 2.24) is 0 Å². The lowest BCUT2D eigenvalue weighted by Gasteiger charge is -2.20. The summed E-state index contributed by atoms with van der Waals surface area (Å²) in [5.41, 5.74) is 1.97. The fourth-order valence-electron chi connectivity index (χ4n) is 2.51. The van der Waals surface area contributed by atoms with Crippen LogP contribution in [0.15, 0.2) is 72.8 Å². The number of rotatable bonds is 8. The molecule has 0 N–H and O–H groups in total. The van der Waals surface area contributed by atoms with E-state index in [4.69, 9.17) is 4.74 Å². The van der Waals surface area contributed by atoms with Crippen LogP contribution in [0.3, 0.4) is 0 Å². The van der Waals surface area contributed by atoms with Crippen molar-refractivity contribution in [3.05, 3.63) is 83.9 Å². The van der Waals surface area contributed by atoms with E-state index in [1.807, 2.05) is 73.7 Å². The number of hydrogen-bond acceptors (Lipinski definition) is 2. The number of allylic oxidation sites excluding steroid dienone is 1. The normalized spacial score (nSPS) is 12.5. The first-order valence-corrected chi connectivity index (χ1v) is 8.69. The van der Waals surface area contributed by atoms with E-state index in [1.165, 1.54) is 0 Å². The van der Waals surface area contributed by atoms with Crippen LogP contribution in [0.1, 0.15) is 50.3 Å². The van der Waals surface area contributed by atoms with Crippen LogP contribution in [0.5, 0.6) is 0 Å².